The SMILES string of the molecule is O=C1Nc2ccc([N+](=O)[O-])cc2C1=C(Nc1ccc(/C=C\CN2CCCC2)cc1)c1ccccc1. The average molecular weight is 467 g/mol. The van der Waals surface area contributed by atoms with Crippen LogP contribution in [0.4, 0.5) is 17.1 Å². The summed E-state index contributed by atoms with van der Waals surface area (Å²) in [7, 11) is 0. The molecule has 0 unspecified atom stereocenters. The number of benzene rings is 3. The Labute approximate surface area is 203 Å². The lowest BCUT2D eigenvalue weighted by molar-refractivity contribution is -0.384. The Balaban J connectivity index is 1.46. The molecular formula is C28H26N4O3. The molecule has 0 bridgehead atoms. The second-order valence-corrected chi connectivity index (χ2v) is 8.71. The minimum Gasteiger partial charge on any atom is -0.354 e. The highest BCUT2D eigenvalue weighted by molar-refractivity contribution is 6.37. The number of nitro benzene ring substituents is 1. The average Bonchev–Trinajstić information content (AvgIpc) is 3.50. The maximum atomic E-state index is 13.0. The van der Waals surface area contributed by atoms with Crippen LogP contribution in [0.3, 0.4) is 0 Å². The largest absolute Gasteiger partial charge is 0.354 e. The van der Waals surface area contributed by atoms with Crippen molar-refractivity contribution in [2.75, 3.05) is 30.3 Å². The number of anilines is 2. The third-order valence-corrected chi connectivity index (χ3v) is 6.32. The second-order valence-electron chi connectivity index (χ2n) is 8.71. The molecule has 176 valence electrons. The van der Waals surface area contributed by atoms with Gasteiger partial charge in [-0.05, 0) is 55.3 Å². The molecule has 1 fully saturated rings. The predicted molar refractivity (Wildman–Crippen MR) is 140 cm³/mol. The molecule has 0 aliphatic carbocycles. The van der Waals surface area contributed by atoms with E-state index in [0.29, 0.717) is 22.5 Å². The highest BCUT2D eigenvalue weighted by Gasteiger charge is 2.30. The van der Waals surface area contributed by atoms with E-state index in [9.17, 15) is 14.9 Å². The molecular weight excluding hydrogens is 440 g/mol. The van der Waals surface area contributed by atoms with Crippen molar-refractivity contribution < 1.29 is 9.72 Å². The molecule has 7 nitrogen and oxygen atoms in total. The summed E-state index contributed by atoms with van der Waals surface area (Å²) < 4.78 is 0. The number of nitrogens with zero attached hydrogens (tertiary/aromatic N) is 2. The highest BCUT2D eigenvalue weighted by Crippen LogP contribution is 2.39. The third-order valence-electron chi connectivity index (χ3n) is 6.32. The fourth-order valence-electron chi connectivity index (χ4n) is 4.53. The van der Waals surface area contributed by atoms with Gasteiger partial charge in [0.05, 0.1) is 16.2 Å². The van der Waals surface area contributed by atoms with Gasteiger partial charge in [0.2, 0.25) is 0 Å². The Bertz CT molecular complexity index is 1310. The summed E-state index contributed by atoms with van der Waals surface area (Å²) in [6, 6.07) is 21.9. The van der Waals surface area contributed by atoms with Crippen LogP contribution in [0.1, 0.15) is 29.5 Å². The van der Waals surface area contributed by atoms with Gasteiger partial charge < -0.3 is 10.6 Å². The number of likely N-dealkylation sites (tertiary alicyclic amines) is 1. The fourth-order valence-corrected chi connectivity index (χ4v) is 4.53. The summed E-state index contributed by atoms with van der Waals surface area (Å²) >= 11 is 0. The number of hydrogen-bond donors (Lipinski definition) is 2. The Hall–Kier alpha value is -4.23. The number of nitrogens with one attached hydrogen (secondary N) is 2. The number of carbonyl (C=O) groups is 1. The third kappa shape index (κ3) is 5.00. The van der Waals surface area contributed by atoms with Crippen molar-refractivity contribution in [1.29, 1.82) is 0 Å². The van der Waals surface area contributed by atoms with Gasteiger partial charge in [-0.2, -0.15) is 0 Å². The smallest absolute Gasteiger partial charge is 0.270 e. The van der Waals surface area contributed by atoms with Crippen LogP contribution < -0.4 is 10.6 Å². The fraction of sp³-hybridized carbons (Fsp3) is 0.179. The van der Waals surface area contributed by atoms with Gasteiger partial charge in [-0.15, -0.1) is 0 Å². The van der Waals surface area contributed by atoms with Crippen molar-refractivity contribution in [3.8, 4) is 0 Å². The number of nitro groups is 1. The van der Waals surface area contributed by atoms with Crippen molar-refractivity contribution >= 4 is 40.3 Å². The van der Waals surface area contributed by atoms with Crippen molar-refractivity contribution in [3.05, 3.63) is 106 Å². The van der Waals surface area contributed by atoms with E-state index >= 15 is 0 Å². The summed E-state index contributed by atoms with van der Waals surface area (Å²) in [5.74, 6) is -0.298. The first kappa shape index (κ1) is 22.6. The summed E-state index contributed by atoms with van der Waals surface area (Å²) in [6.07, 6.45) is 6.88. The van der Waals surface area contributed by atoms with E-state index in [4.69, 9.17) is 0 Å². The van der Waals surface area contributed by atoms with E-state index in [1.807, 2.05) is 54.6 Å². The lowest BCUT2D eigenvalue weighted by atomic mass is 9.99. The topological polar surface area (TPSA) is 87.5 Å². The number of carbonyl (C=O) groups excluding carboxylic acids is 1. The van der Waals surface area contributed by atoms with E-state index < -0.39 is 4.92 Å². The molecule has 35 heavy (non-hydrogen) atoms. The first-order valence-electron chi connectivity index (χ1n) is 11.7. The summed E-state index contributed by atoms with van der Waals surface area (Å²) in [4.78, 5) is 26.4. The molecule has 3 aromatic carbocycles. The van der Waals surface area contributed by atoms with E-state index in [2.05, 4.69) is 27.7 Å². The van der Waals surface area contributed by atoms with Gasteiger partial charge in [0.15, 0.2) is 0 Å². The quantitative estimate of drug-likeness (QED) is 0.267. The van der Waals surface area contributed by atoms with Gasteiger partial charge in [-0.25, -0.2) is 0 Å². The second kappa shape index (κ2) is 9.95. The molecule has 2 heterocycles. The molecule has 5 rings (SSSR count). The van der Waals surface area contributed by atoms with E-state index in [0.717, 1.165) is 23.4 Å². The molecule has 0 aromatic heterocycles. The molecule has 1 amide bonds. The maximum absolute atomic E-state index is 13.0. The first-order chi connectivity index (χ1) is 17.1. The normalized spacial score (nSPS) is 16.9. The van der Waals surface area contributed by atoms with Crippen LogP contribution in [0.15, 0.2) is 78.9 Å². The van der Waals surface area contributed by atoms with Crippen LogP contribution in [0.2, 0.25) is 0 Å². The highest BCUT2D eigenvalue weighted by atomic mass is 16.6. The van der Waals surface area contributed by atoms with Gasteiger partial charge in [-0.3, -0.25) is 19.8 Å². The maximum Gasteiger partial charge on any atom is 0.270 e. The zero-order valence-corrected chi connectivity index (χ0v) is 19.2. The minimum atomic E-state index is -0.452. The van der Waals surface area contributed by atoms with Gasteiger partial charge in [-0.1, -0.05) is 54.6 Å². The Morgan fingerprint density at radius 3 is 2.49 bits per heavy atom. The minimum absolute atomic E-state index is 0.0600. The lowest BCUT2D eigenvalue weighted by Gasteiger charge is -2.15. The zero-order valence-electron chi connectivity index (χ0n) is 19.2. The molecule has 0 radical (unpaired) electrons. The molecule has 1 saturated heterocycles. The predicted octanol–water partition coefficient (Wildman–Crippen LogP) is 5.64. The van der Waals surface area contributed by atoms with Crippen LogP contribution in [0.25, 0.3) is 17.3 Å². The van der Waals surface area contributed by atoms with Crippen molar-refractivity contribution in [2.24, 2.45) is 0 Å². The summed E-state index contributed by atoms with van der Waals surface area (Å²) in [5, 5.41) is 17.6. The van der Waals surface area contributed by atoms with Crippen molar-refractivity contribution in [3.63, 3.8) is 0 Å². The van der Waals surface area contributed by atoms with Gasteiger partial charge in [0, 0.05) is 35.6 Å². The molecule has 7 heteroatoms. The monoisotopic (exact) mass is 466 g/mol. The standard InChI is InChI=1S/C28H26N4O3/c33-28-26(24-19-23(32(34)35)14-15-25(24)30-28)27(21-8-2-1-3-9-21)29-22-12-10-20(11-13-22)7-6-18-31-16-4-5-17-31/h1-3,6-15,19,29H,4-5,16-18H2,(H,30,33)/b7-6-,27-26?. The molecule has 0 atom stereocenters. The molecule has 2 N–H and O–H groups in total. The summed E-state index contributed by atoms with van der Waals surface area (Å²) in [5.41, 5.74) is 4.72. The van der Waals surface area contributed by atoms with E-state index in [1.165, 1.54) is 38.1 Å². The van der Waals surface area contributed by atoms with Crippen LogP contribution in [0.5, 0.6) is 0 Å². The summed E-state index contributed by atoms with van der Waals surface area (Å²) in [6.45, 7) is 3.30. The lowest BCUT2D eigenvalue weighted by Crippen LogP contribution is -2.18. The van der Waals surface area contributed by atoms with E-state index in [-0.39, 0.29) is 11.6 Å². The zero-order chi connectivity index (χ0) is 24.2. The number of fused-ring (bicyclic) bond motifs is 1. The Kier molecular flexibility index (Phi) is 6.41. The number of non-ortho nitro benzene ring substituents is 1. The Morgan fingerprint density at radius 2 is 1.77 bits per heavy atom. The van der Waals surface area contributed by atoms with Crippen LogP contribution in [-0.2, 0) is 4.79 Å². The van der Waals surface area contributed by atoms with Crippen molar-refractivity contribution in [2.45, 2.75) is 12.8 Å². The Morgan fingerprint density at radius 1 is 1.03 bits per heavy atom. The molecule has 3 aromatic rings. The van der Waals surface area contributed by atoms with Crippen LogP contribution >= 0.6 is 0 Å². The number of amides is 1. The van der Waals surface area contributed by atoms with Crippen LogP contribution in [0, 0.1) is 10.1 Å². The van der Waals surface area contributed by atoms with Crippen molar-refractivity contribution in [1.82, 2.24) is 4.90 Å². The first-order valence-corrected chi connectivity index (χ1v) is 11.7. The van der Waals surface area contributed by atoms with E-state index in [1.54, 1.807) is 6.07 Å². The van der Waals surface area contributed by atoms with Gasteiger partial charge in [0.1, 0.15) is 0 Å². The van der Waals surface area contributed by atoms with Gasteiger partial charge in [0.25, 0.3) is 11.6 Å². The molecule has 2 aliphatic rings. The number of hydrogen-bond acceptors (Lipinski definition) is 5. The molecule has 0 spiro atoms. The number of rotatable bonds is 7. The molecule has 2 aliphatic heterocycles. The molecule has 0 saturated carbocycles. The van der Waals surface area contributed by atoms with Gasteiger partial charge >= 0.3 is 0 Å². The van der Waals surface area contributed by atoms with Crippen LogP contribution in [-0.4, -0.2) is 35.4 Å².